The summed E-state index contributed by atoms with van der Waals surface area (Å²) in [6.07, 6.45) is 3.29. The summed E-state index contributed by atoms with van der Waals surface area (Å²) in [5.74, 6) is 0.608. The summed E-state index contributed by atoms with van der Waals surface area (Å²) in [5.41, 5.74) is 2.51. The predicted octanol–water partition coefficient (Wildman–Crippen LogP) is 4.78. The van der Waals surface area contributed by atoms with Crippen LogP contribution in [0.25, 0.3) is 16.6 Å². The molecule has 0 fully saturated rings. The number of allylic oxidation sites excluding steroid dienone is 1. The van der Waals surface area contributed by atoms with E-state index in [1.807, 2.05) is 22.9 Å². The molecule has 3 rings (SSSR count). The number of hydrogen-bond donors (Lipinski definition) is 0. The fourth-order valence-corrected chi connectivity index (χ4v) is 3.42. The Morgan fingerprint density at radius 1 is 1.27 bits per heavy atom. The summed E-state index contributed by atoms with van der Waals surface area (Å²) in [7, 11) is 1.58. The van der Waals surface area contributed by atoms with E-state index in [-0.39, 0.29) is 5.78 Å². The van der Waals surface area contributed by atoms with Crippen molar-refractivity contribution >= 4 is 34.5 Å². The number of aromatic nitrogens is 1. The second-order valence-corrected chi connectivity index (χ2v) is 6.16. The van der Waals surface area contributed by atoms with Crippen LogP contribution in [0.1, 0.15) is 16.1 Å². The smallest absolute Gasteiger partial charge is 0.186 e. The third kappa shape index (κ3) is 3.32. The number of methoxy groups -OCH3 is 1. The maximum atomic E-state index is 12.2. The Hall–Kier alpha value is -2.24. The van der Waals surface area contributed by atoms with Crippen LogP contribution >= 0.6 is 22.7 Å². The van der Waals surface area contributed by atoms with Crippen LogP contribution < -0.4 is 4.74 Å². The molecule has 0 spiro atoms. The van der Waals surface area contributed by atoms with Crippen LogP contribution in [0.3, 0.4) is 0 Å². The first kappa shape index (κ1) is 14.7. The van der Waals surface area contributed by atoms with Gasteiger partial charge >= 0.3 is 0 Å². The third-order valence-corrected chi connectivity index (χ3v) is 4.64. The van der Waals surface area contributed by atoms with Crippen LogP contribution in [0.5, 0.6) is 5.75 Å². The lowest BCUT2D eigenvalue weighted by Crippen LogP contribution is -1.94. The molecule has 0 aliphatic carbocycles. The Balaban J connectivity index is 1.75. The number of hydrogen-bond acceptors (Lipinski definition) is 5. The monoisotopic (exact) mass is 327 g/mol. The molecule has 0 aliphatic rings. The number of thiazole rings is 1. The van der Waals surface area contributed by atoms with Crippen LogP contribution in [0.15, 0.2) is 52.5 Å². The Morgan fingerprint density at radius 2 is 2.18 bits per heavy atom. The van der Waals surface area contributed by atoms with E-state index >= 15 is 0 Å². The van der Waals surface area contributed by atoms with Crippen molar-refractivity contribution in [3.8, 4) is 16.3 Å². The average Bonchev–Trinajstić information content (AvgIpc) is 3.23. The molecular formula is C17H13NO2S2. The van der Waals surface area contributed by atoms with Crippen molar-refractivity contribution in [2.75, 3.05) is 7.11 Å². The molecule has 5 heteroatoms. The van der Waals surface area contributed by atoms with Gasteiger partial charge in [0.05, 0.1) is 12.8 Å². The van der Waals surface area contributed by atoms with E-state index < -0.39 is 0 Å². The van der Waals surface area contributed by atoms with Crippen molar-refractivity contribution in [1.82, 2.24) is 4.98 Å². The van der Waals surface area contributed by atoms with Gasteiger partial charge in [-0.2, -0.15) is 11.3 Å². The largest absolute Gasteiger partial charge is 0.497 e. The van der Waals surface area contributed by atoms with Crippen molar-refractivity contribution in [1.29, 1.82) is 0 Å². The van der Waals surface area contributed by atoms with Gasteiger partial charge < -0.3 is 4.74 Å². The number of thiophene rings is 1. The number of carbonyl (C=O) groups is 1. The molecule has 0 N–H and O–H groups in total. The van der Waals surface area contributed by atoms with Crippen LogP contribution in [0.2, 0.25) is 0 Å². The van der Waals surface area contributed by atoms with E-state index in [0.717, 1.165) is 16.3 Å². The highest BCUT2D eigenvalue weighted by atomic mass is 32.1. The topological polar surface area (TPSA) is 39.2 Å². The second-order valence-electron chi connectivity index (χ2n) is 4.52. The zero-order chi connectivity index (χ0) is 15.4. The first-order chi connectivity index (χ1) is 10.8. The molecule has 0 atom stereocenters. The van der Waals surface area contributed by atoms with Gasteiger partial charge in [0.2, 0.25) is 0 Å². The van der Waals surface area contributed by atoms with Gasteiger partial charge in [0, 0.05) is 21.9 Å². The highest BCUT2D eigenvalue weighted by Crippen LogP contribution is 2.26. The molecular weight excluding hydrogens is 314 g/mol. The van der Waals surface area contributed by atoms with E-state index in [1.165, 1.54) is 0 Å². The summed E-state index contributed by atoms with van der Waals surface area (Å²) in [6.45, 7) is 0. The van der Waals surface area contributed by atoms with E-state index in [9.17, 15) is 4.79 Å². The first-order valence-corrected chi connectivity index (χ1v) is 8.43. The quantitative estimate of drug-likeness (QED) is 0.500. The molecule has 3 nitrogen and oxygen atoms in total. The number of rotatable bonds is 5. The number of nitrogens with zero attached hydrogens (tertiary/aromatic N) is 1. The van der Waals surface area contributed by atoms with Gasteiger partial charge in [-0.25, -0.2) is 4.98 Å². The average molecular weight is 327 g/mol. The summed E-state index contributed by atoms with van der Waals surface area (Å²) < 4.78 is 5.13. The van der Waals surface area contributed by atoms with Crippen molar-refractivity contribution < 1.29 is 9.53 Å². The summed E-state index contributed by atoms with van der Waals surface area (Å²) in [4.78, 5) is 16.7. The normalized spacial score (nSPS) is 11.0. The maximum Gasteiger partial charge on any atom is 0.186 e. The molecule has 0 saturated heterocycles. The van der Waals surface area contributed by atoms with E-state index in [0.29, 0.717) is 11.3 Å². The standard InChI is InChI=1S/C17H13NO2S2/c1-20-15-4-2-3-12(9-15)16(19)6-5-14-11-22-17(18-14)13-7-8-21-10-13/h2-11H,1H3. The lowest BCUT2D eigenvalue weighted by Gasteiger charge is -2.00. The van der Waals surface area contributed by atoms with Crippen molar-refractivity contribution in [2.45, 2.75) is 0 Å². The van der Waals surface area contributed by atoms with Gasteiger partial charge in [-0.1, -0.05) is 12.1 Å². The Kier molecular flexibility index (Phi) is 4.46. The van der Waals surface area contributed by atoms with Gasteiger partial charge in [0.15, 0.2) is 5.78 Å². The zero-order valence-electron chi connectivity index (χ0n) is 11.9. The molecule has 110 valence electrons. The van der Waals surface area contributed by atoms with E-state index in [2.05, 4.69) is 10.4 Å². The summed E-state index contributed by atoms with van der Waals surface area (Å²) in [6, 6.07) is 9.15. The third-order valence-electron chi connectivity index (χ3n) is 3.05. The number of ketones is 1. The zero-order valence-corrected chi connectivity index (χ0v) is 13.5. The van der Waals surface area contributed by atoms with E-state index in [4.69, 9.17) is 4.74 Å². The van der Waals surface area contributed by atoms with Gasteiger partial charge in [-0.15, -0.1) is 11.3 Å². The molecule has 0 radical (unpaired) electrons. The highest BCUT2D eigenvalue weighted by molar-refractivity contribution is 7.14. The molecule has 0 saturated carbocycles. The minimum Gasteiger partial charge on any atom is -0.497 e. The SMILES string of the molecule is COc1cccc(C(=O)C=Cc2csc(-c3ccsc3)n2)c1. The Labute approximate surface area is 136 Å². The van der Waals surface area contributed by atoms with Crippen LogP contribution in [-0.2, 0) is 0 Å². The molecule has 0 unspecified atom stereocenters. The first-order valence-electron chi connectivity index (χ1n) is 6.61. The molecule has 2 heterocycles. The molecule has 2 aromatic heterocycles. The number of ether oxygens (including phenoxy) is 1. The lowest BCUT2D eigenvalue weighted by molar-refractivity contribution is 0.104. The predicted molar refractivity (Wildman–Crippen MR) is 91.8 cm³/mol. The van der Waals surface area contributed by atoms with Gasteiger partial charge in [-0.3, -0.25) is 4.79 Å². The Bertz CT molecular complexity index is 804. The highest BCUT2D eigenvalue weighted by Gasteiger charge is 2.05. The number of carbonyl (C=O) groups excluding carboxylic acids is 1. The molecule has 3 aromatic rings. The van der Waals surface area contributed by atoms with Crippen LogP contribution in [0, 0.1) is 0 Å². The molecule has 1 aromatic carbocycles. The fraction of sp³-hybridized carbons (Fsp3) is 0.0588. The van der Waals surface area contributed by atoms with Crippen LogP contribution in [0.4, 0.5) is 0 Å². The van der Waals surface area contributed by atoms with E-state index in [1.54, 1.807) is 60.1 Å². The lowest BCUT2D eigenvalue weighted by atomic mass is 10.1. The van der Waals surface area contributed by atoms with Gasteiger partial charge in [0.25, 0.3) is 0 Å². The Morgan fingerprint density at radius 3 is 2.95 bits per heavy atom. The maximum absolute atomic E-state index is 12.2. The van der Waals surface area contributed by atoms with Crippen LogP contribution in [-0.4, -0.2) is 17.9 Å². The summed E-state index contributed by atoms with van der Waals surface area (Å²) >= 11 is 3.22. The van der Waals surface area contributed by atoms with Crippen molar-refractivity contribution in [3.05, 3.63) is 63.8 Å². The van der Waals surface area contributed by atoms with Crippen molar-refractivity contribution in [3.63, 3.8) is 0 Å². The molecule has 22 heavy (non-hydrogen) atoms. The molecule has 0 aliphatic heterocycles. The fourth-order valence-electron chi connectivity index (χ4n) is 1.92. The van der Waals surface area contributed by atoms with Gasteiger partial charge in [0.1, 0.15) is 10.8 Å². The summed E-state index contributed by atoms with van der Waals surface area (Å²) in [5, 5.41) is 7.00. The second kappa shape index (κ2) is 6.68. The minimum atomic E-state index is -0.0658. The minimum absolute atomic E-state index is 0.0658. The van der Waals surface area contributed by atoms with Gasteiger partial charge in [-0.05, 0) is 35.7 Å². The van der Waals surface area contributed by atoms with Crippen molar-refractivity contribution in [2.24, 2.45) is 0 Å². The number of benzene rings is 1. The molecule has 0 amide bonds. The molecule has 0 bridgehead atoms.